The first-order valence-corrected chi connectivity index (χ1v) is 6.32. The van der Waals surface area contributed by atoms with E-state index in [9.17, 15) is 0 Å². The highest BCUT2D eigenvalue weighted by Crippen LogP contribution is 2.17. The van der Waals surface area contributed by atoms with E-state index in [4.69, 9.17) is 5.73 Å². The van der Waals surface area contributed by atoms with Gasteiger partial charge in [-0.3, -0.25) is 0 Å². The molecule has 0 unspecified atom stereocenters. The lowest BCUT2D eigenvalue weighted by Crippen LogP contribution is -2.09. The van der Waals surface area contributed by atoms with Crippen LogP contribution in [0, 0.1) is 12.8 Å². The smallest absolute Gasteiger partial charge is 0.0999 e. The summed E-state index contributed by atoms with van der Waals surface area (Å²) in [5.74, 6) is 0.553. The molecule has 0 aliphatic carbocycles. The van der Waals surface area contributed by atoms with Crippen molar-refractivity contribution >= 4 is 0 Å². The third kappa shape index (κ3) is 2.59. The highest BCUT2D eigenvalue weighted by molar-refractivity contribution is 5.36. The van der Waals surface area contributed by atoms with Crippen LogP contribution >= 0.6 is 0 Å². The number of nitrogens with two attached hydrogens (primary N) is 1. The van der Waals surface area contributed by atoms with Crippen LogP contribution in [0.2, 0.25) is 0 Å². The van der Waals surface area contributed by atoms with Crippen LogP contribution in [0.3, 0.4) is 0 Å². The van der Waals surface area contributed by atoms with Gasteiger partial charge in [-0.2, -0.15) is 0 Å². The van der Waals surface area contributed by atoms with Gasteiger partial charge in [0.25, 0.3) is 0 Å². The summed E-state index contributed by atoms with van der Waals surface area (Å²) in [5, 5.41) is 8.42. The van der Waals surface area contributed by atoms with Crippen molar-refractivity contribution in [2.45, 2.75) is 33.7 Å². The zero-order chi connectivity index (χ0) is 13.1. The van der Waals surface area contributed by atoms with Crippen molar-refractivity contribution in [1.29, 1.82) is 0 Å². The summed E-state index contributed by atoms with van der Waals surface area (Å²) in [6.07, 6.45) is 0.938. The quantitative estimate of drug-likeness (QED) is 0.897. The molecule has 0 radical (unpaired) electrons. The van der Waals surface area contributed by atoms with E-state index in [0.29, 0.717) is 12.5 Å². The van der Waals surface area contributed by atoms with E-state index in [1.54, 1.807) is 0 Å². The number of nitrogens with zero attached hydrogens (tertiary/aromatic N) is 3. The molecule has 0 atom stereocenters. The summed E-state index contributed by atoms with van der Waals surface area (Å²) in [4.78, 5) is 0. The Morgan fingerprint density at radius 2 is 2.11 bits per heavy atom. The molecule has 4 heteroatoms. The average molecular weight is 244 g/mol. The highest BCUT2D eigenvalue weighted by Gasteiger charge is 2.14. The SMILES string of the molecule is Cc1cccc(-n2nnc(CN)c2CC(C)C)c1. The molecule has 2 rings (SSSR count). The highest BCUT2D eigenvalue weighted by atomic mass is 15.4. The first-order valence-electron chi connectivity index (χ1n) is 6.32. The van der Waals surface area contributed by atoms with Gasteiger partial charge in [0.1, 0.15) is 0 Å². The van der Waals surface area contributed by atoms with E-state index in [-0.39, 0.29) is 0 Å². The van der Waals surface area contributed by atoms with Crippen LogP contribution in [-0.4, -0.2) is 15.0 Å². The summed E-state index contributed by atoms with van der Waals surface area (Å²) >= 11 is 0. The molecule has 0 saturated heterocycles. The van der Waals surface area contributed by atoms with Crippen LogP contribution in [0.15, 0.2) is 24.3 Å². The molecule has 0 aliphatic rings. The zero-order valence-electron chi connectivity index (χ0n) is 11.2. The number of aromatic nitrogens is 3. The second-order valence-electron chi connectivity index (χ2n) is 5.04. The van der Waals surface area contributed by atoms with E-state index in [1.807, 2.05) is 16.8 Å². The predicted octanol–water partition coefficient (Wildman–Crippen LogP) is 2.23. The van der Waals surface area contributed by atoms with Crippen LogP contribution in [0.5, 0.6) is 0 Å². The second kappa shape index (κ2) is 5.31. The Bertz CT molecular complexity index is 528. The molecule has 1 aromatic heterocycles. The van der Waals surface area contributed by atoms with E-state index in [0.717, 1.165) is 23.5 Å². The molecule has 1 heterocycles. The standard InChI is InChI=1S/C14H20N4/c1-10(2)7-14-13(9-15)16-17-18(14)12-6-4-5-11(3)8-12/h4-6,8,10H,7,9,15H2,1-3H3. The van der Waals surface area contributed by atoms with E-state index in [2.05, 4.69) is 43.2 Å². The Morgan fingerprint density at radius 1 is 1.33 bits per heavy atom. The van der Waals surface area contributed by atoms with Crippen molar-refractivity contribution in [3.63, 3.8) is 0 Å². The van der Waals surface area contributed by atoms with Gasteiger partial charge in [-0.15, -0.1) is 5.10 Å². The molecule has 0 aliphatic heterocycles. The number of aryl methyl sites for hydroxylation is 1. The zero-order valence-corrected chi connectivity index (χ0v) is 11.2. The van der Waals surface area contributed by atoms with Gasteiger partial charge in [0.15, 0.2) is 0 Å². The molecule has 96 valence electrons. The number of benzene rings is 1. The first-order chi connectivity index (χ1) is 8.61. The Balaban J connectivity index is 2.47. The van der Waals surface area contributed by atoms with Crippen molar-refractivity contribution in [1.82, 2.24) is 15.0 Å². The molecule has 0 spiro atoms. The molecule has 0 bridgehead atoms. The van der Waals surface area contributed by atoms with Crippen LogP contribution in [-0.2, 0) is 13.0 Å². The van der Waals surface area contributed by atoms with Gasteiger partial charge in [-0.25, -0.2) is 4.68 Å². The van der Waals surface area contributed by atoms with Gasteiger partial charge in [-0.1, -0.05) is 31.2 Å². The normalized spacial score (nSPS) is 11.2. The second-order valence-corrected chi connectivity index (χ2v) is 5.04. The van der Waals surface area contributed by atoms with E-state index < -0.39 is 0 Å². The van der Waals surface area contributed by atoms with Crippen molar-refractivity contribution in [3.05, 3.63) is 41.2 Å². The molecule has 0 saturated carbocycles. The maximum Gasteiger partial charge on any atom is 0.0999 e. The molecule has 18 heavy (non-hydrogen) atoms. The maximum absolute atomic E-state index is 5.73. The Kier molecular flexibility index (Phi) is 3.77. The molecule has 0 fully saturated rings. The lowest BCUT2D eigenvalue weighted by molar-refractivity contribution is 0.611. The van der Waals surface area contributed by atoms with E-state index >= 15 is 0 Å². The summed E-state index contributed by atoms with van der Waals surface area (Å²) < 4.78 is 1.91. The molecule has 2 aromatic rings. The van der Waals surface area contributed by atoms with Crippen LogP contribution in [0.25, 0.3) is 5.69 Å². The van der Waals surface area contributed by atoms with Gasteiger partial charge in [0.2, 0.25) is 0 Å². The maximum atomic E-state index is 5.73. The van der Waals surface area contributed by atoms with Crippen LogP contribution < -0.4 is 5.73 Å². The van der Waals surface area contributed by atoms with Gasteiger partial charge >= 0.3 is 0 Å². The Labute approximate surface area is 108 Å². The van der Waals surface area contributed by atoms with Gasteiger partial charge in [0, 0.05) is 6.54 Å². The molecule has 4 nitrogen and oxygen atoms in total. The minimum atomic E-state index is 0.438. The third-order valence-corrected chi connectivity index (χ3v) is 2.88. The predicted molar refractivity (Wildman–Crippen MR) is 72.5 cm³/mol. The fourth-order valence-electron chi connectivity index (χ4n) is 2.05. The Morgan fingerprint density at radius 3 is 2.72 bits per heavy atom. The van der Waals surface area contributed by atoms with E-state index in [1.165, 1.54) is 5.56 Å². The summed E-state index contributed by atoms with van der Waals surface area (Å²) in [7, 11) is 0. The van der Waals surface area contributed by atoms with Gasteiger partial charge < -0.3 is 5.73 Å². The minimum absolute atomic E-state index is 0.438. The fraction of sp³-hybridized carbons (Fsp3) is 0.429. The first kappa shape index (κ1) is 12.8. The minimum Gasteiger partial charge on any atom is -0.325 e. The lowest BCUT2D eigenvalue weighted by atomic mass is 10.1. The summed E-state index contributed by atoms with van der Waals surface area (Å²) in [6.45, 7) is 6.89. The van der Waals surface area contributed by atoms with Crippen molar-refractivity contribution < 1.29 is 0 Å². The number of hydrogen-bond donors (Lipinski definition) is 1. The average Bonchev–Trinajstić information content (AvgIpc) is 2.71. The molecule has 2 N–H and O–H groups in total. The van der Waals surface area contributed by atoms with Gasteiger partial charge in [0.05, 0.1) is 17.1 Å². The largest absolute Gasteiger partial charge is 0.325 e. The Hall–Kier alpha value is -1.68. The molecular weight excluding hydrogens is 224 g/mol. The van der Waals surface area contributed by atoms with Gasteiger partial charge in [-0.05, 0) is 37.0 Å². The topological polar surface area (TPSA) is 56.7 Å². The number of rotatable bonds is 4. The molecule has 1 aromatic carbocycles. The number of hydrogen-bond acceptors (Lipinski definition) is 3. The van der Waals surface area contributed by atoms with Crippen molar-refractivity contribution in [3.8, 4) is 5.69 Å². The fourth-order valence-corrected chi connectivity index (χ4v) is 2.05. The van der Waals surface area contributed by atoms with Crippen LogP contribution in [0.1, 0.15) is 30.8 Å². The monoisotopic (exact) mass is 244 g/mol. The van der Waals surface area contributed by atoms with Crippen LogP contribution in [0.4, 0.5) is 0 Å². The summed E-state index contributed by atoms with van der Waals surface area (Å²) in [6, 6.07) is 8.27. The van der Waals surface area contributed by atoms with Crippen molar-refractivity contribution in [2.24, 2.45) is 11.7 Å². The van der Waals surface area contributed by atoms with Crippen molar-refractivity contribution in [2.75, 3.05) is 0 Å². The summed E-state index contributed by atoms with van der Waals surface area (Å²) in [5.41, 5.74) is 10.0. The lowest BCUT2D eigenvalue weighted by Gasteiger charge is -2.10. The molecule has 0 amide bonds. The molecular formula is C14H20N4. The third-order valence-electron chi connectivity index (χ3n) is 2.88.